The highest BCUT2D eigenvalue weighted by Gasteiger charge is 2.13. The lowest BCUT2D eigenvalue weighted by Gasteiger charge is -2.20. The van der Waals surface area contributed by atoms with Gasteiger partial charge in [-0.05, 0) is 25.5 Å². The topological polar surface area (TPSA) is 67.9 Å². The van der Waals surface area contributed by atoms with Gasteiger partial charge in [0.05, 0.1) is 7.11 Å². The number of nitrogens with one attached hydrogen (secondary N) is 1. The average molecular weight is 294 g/mol. The second-order valence-corrected chi connectivity index (χ2v) is 4.45. The fraction of sp³-hybridized carbons (Fsp3) is 0.467. The van der Waals surface area contributed by atoms with E-state index in [1.807, 2.05) is 6.92 Å². The molecule has 0 radical (unpaired) electrons. The molecule has 116 valence electrons. The highest BCUT2D eigenvalue weighted by Crippen LogP contribution is 2.18. The Balaban J connectivity index is 2.66. The molecule has 0 saturated carbocycles. The van der Waals surface area contributed by atoms with Crippen LogP contribution in [-0.2, 0) is 4.74 Å². The van der Waals surface area contributed by atoms with Crippen LogP contribution in [0.15, 0.2) is 24.3 Å². The van der Waals surface area contributed by atoms with Gasteiger partial charge in [-0.25, -0.2) is 9.59 Å². The van der Waals surface area contributed by atoms with Crippen molar-refractivity contribution in [1.82, 2.24) is 4.90 Å². The fourth-order valence-corrected chi connectivity index (χ4v) is 1.70. The summed E-state index contributed by atoms with van der Waals surface area (Å²) < 4.78 is 9.82. The highest BCUT2D eigenvalue weighted by atomic mass is 16.6. The number of amides is 2. The van der Waals surface area contributed by atoms with E-state index in [0.717, 1.165) is 12.8 Å². The number of methoxy groups -OCH3 is 1. The second-order valence-electron chi connectivity index (χ2n) is 4.45. The van der Waals surface area contributed by atoms with Gasteiger partial charge in [0.15, 0.2) is 0 Å². The lowest BCUT2D eigenvalue weighted by Crippen LogP contribution is -2.34. The number of unbranched alkanes of at least 4 members (excludes halogenated alkanes) is 1. The minimum absolute atomic E-state index is 0.379. The fourth-order valence-electron chi connectivity index (χ4n) is 1.70. The number of anilines is 1. The number of benzene rings is 1. The van der Waals surface area contributed by atoms with E-state index in [-0.39, 0.29) is 6.09 Å². The maximum Gasteiger partial charge on any atom is 0.415 e. The zero-order valence-corrected chi connectivity index (χ0v) is 12.7. The molecule has 1 N–H and O–H groups in total. The number of ether oxygens (including phenoxy) is 2. The first-order valence-electron chi connectivity index (χ1n) is 7.02. The molecule has 0 unspecified atom stereocenters. The van der Waals surface area contributed by atoms with E-state index < -0.39 is 6.09 Å². The molecular weight excluding hydrogens is 272 g/mol. The van der Waals surface area contributed by atoms with E-state index in [1.54, 1.807) is 29.2 Å². The Hall–Kier alpha value is -2.24. The normalized spacial score (nSPS) is 9.86. The number of nitrogens with zero attached hydrogens (tertiary/aromatic N) is 1. The lowest BCUT2D eigenvalue weighted by molar-refractivity contribution is 0.154. The monoisotopic (exact) mass is 294 g/mol. The quantitative estimate of drug-likeness (QED) is 0.872. The summed E-state index contributed by atoms with van der Waals surface area (Å²) in [4.78, 5) is 24.8. The van der Waals surface area contributed by atoms with Crippen LogP contribution in [0.2, 0.25) is 0 Å². The second kappa shape index (κ2) is 8.84. The Kier molecular flexibility index (Phi) is 7.08. The van der Waals surface area contributed by atoms with Crippen molar-refractivity contribution in [3.05, 3.63) is 24.3 Å². The lowest BCUT2D eigenvalue weighted by atomic mass is 10.3. The summed E-state index contributed by atoms with van der Waals surface area (Å²) in [6, 6.07) is 6.61. The summed E-state index contributed by atoms with van der Waals surface area (Å²) in [6.45, 7) is 5.25. The van der Waals surface area contributed by atoms with Crippen molar-refractivity contribution in [2.24, 2.45) is 0 Å². The minimum Gasteiger partial charge on any atom is -0.453 e. The molecule has 1 rings (SSSR count). The molecule has 0 heterocycles. The van der Waals surface area contributed by atoms with Crippen molar-refractivity contribution in [2.75, 3.05) is 25.5 Å². The molecule has 0 atom stereocenters. The molecule has 0 aliphatic rings. The van der Waals surface area contributed by atoms with Gasteiger partial charge in [0.1, 0.15) is 5.75 Å². The predicted molar refractivity (Wildman–Crippen MR) is 80.6 cm³/mol. The minimum atomic E-state index is -0.573. The van der Waals surface area contributed by atoms with Crippen molar-refractivity contribution >= 4 is 17.9 Å². The van der Waals surface area contributed by atoms with Crippen molar-refractivity contribution in [2.45, 2.75) is 26.7 Å². The number of rotatable bonds is 6. The van der Waals surface area contributed by atoms with Gasteiger partial charge in [0.25, 0.3) is 0 Å². The standard InChI is InChI=1S/C15H22N2O4/c1-4-6-10-17(5-2)15(19)21-13-9-7-8-12(11-13)16-14(18)20-3/h7-9,11H,4-6,10H2,1-3H3,(H,16,18). The number of carbonyl (C=O) groups excluding carboxylic acids is 2. The summed E-state index contributed by atoms with van der Waals surface area (Å²) in [7, 11) is 1.28. The van der Waals surface area contributed by atoms with Gasteiger partial charge in [0.2, 0.25) is 0 Å². The molecule has 21 heavy (non-hydrogen) atoms. The molecular formula is C15H22N2O4. The first kappa shape index (κ1) is 16.8. The van der Waals surface area contributed by atoms with Crippen LogP contribution in [0.5, 0.6) is 5.75 Å². The van der Waals surface area contributed by atoms with E-state index in [2.05, 4.69) is 17.0 Å². The Bertz CT molecular complexity index is 476. The van der Waals surface area contributed by atoms with Gasteiger partial charge in [0, 0.05) is 24.8 Å². The molecule has 0 bridgehead atoms. The van der Waals surface area contributed by atoms with Crippen LogP contribution in [0.4, 0.5) is 15.3 Å². The molecule has 0 aliphatic heterocycles. The Morgan fingerprint density at radius 2 is 2.05 bits per heavy atom. The van der Waals surface area contributed by atoms with E-state index >= 15 is 0 Å². The molecule has 2 amide bonds. The Labute approximate surface area is 125 Å². The van der Waals surface area contributed by atoms with Gasteiger partial charge in [-0.15, -0.1) is 0 Å². The number of carbonyl (C=O) groups is 2. The average Bonchev–Trinajstić information content (AvgIpc) is 2.48. The van der Waals surface area contributed by atoms with Crippen LogP contribution < -0.4 is 10.1 Å². The van der Waals surface area contributed by atoms with Crippen LogP contribution in [0.3, 0.4) is 0 Å². The molecule has 6 heteroatoms. The van der Waals surface area contributed by atoms with Crippen LogP contribution in [0.25, 0.3) is 0 Å². The van der Waals surface area contributed by atoms with Crippen molar-refractivity contribution in [3.8, 4) is 5.75 Å². The van der Waals surface area contributed by atoms with Gasteiger partial charge in [-0.2, -0.15) is 0 Å². The van der Waals surface area contributed by atoms with Crippen LogP contribution in [0.1, 0.15) is 26.7 Å². The third kappa shape index (κ3) is 5.72. The summed E-state index contributed by atoms with van der Waals surface area (Å²) >= 11 is 0. The summed E-state index contributed by atoms with van der Waals surface area (Å²) in [5.41, 5.74) is 0.503. The highest BCUT2D eigenvalue weighted by molar-refractivity contribution is 5.84. The van der Waals surface area contributed by atoms with Gasteiger partial charge in [-0.3, -0.25) is 5.32 Å². The third-order valence-electron chi connectivity index (χ3n) is 2.89. The van der Waals surface area contributed by atoms with Crippen LogP contribution in [-0.4, -0.2) is 37.3 Å². The summed E-state index contributed by atoms with van der Waals surface area (Å²) in [5, 5.41) is 2.52. The van der Waals surface area contributed by atoms with E-state index in [0.29, 0.717) is 24.5 Å². The molecule has 0 fully saturated rings. The van der Waals surface area contributed by atoms with E-state index in [1.165, 1.54) is 7.11 Å². The van der Waals surface area contributed by atoms with Gasteiger partial charge in [-0.1, -0.05) is 19.4 Å². The zero-order chi connectivity index (χ0) is 15.7. The molecule has 0 spiro atoms. The van der Waals surface area contributed by atoms with Crippen molar-refractivity contribution < 1.29 is 19.1 Å². The van der Waals surface area contributed by atoms with Crippen LogP contribution >= 0.6 is 0 Å². The molecule has 6 nitrogen and oxygen atoms in total. The summed E-state index contributed by atoms with van der Waals surface area (Å²) in [6.07, 6.45) is 0.993. The molecule has 1 aromatic carbocycles. The number of hydrogen-bond acceptors (Lipinski definition) is 4. The van der Waals surface area contributed by atoms with Gasteiger partial charge >= 0.3 is 12.2 Å². The first-order valence-corrected chi connectivity index (χ1v) is 7.02. The Morgan fingerprint density at radius 3 is 2.67 bits per heavy atom. The van der Waals surface area contributed by atoms with E-state index in [9.17, 15) is 9.59 Å². The molecule has 0 aromatic heterocycles. The molecule has 1 aromatic rings. The third-order valence-corrected chi connectivity index (χ3v) is 2.89. The largest absolute Gasteiger partial charge is 0.453 e. The smallest absolute Gasteiger partial charge is 0.415 e. The van der Waals surface area contributed by atoms with Crippen molar-refractivity contribution in [3.63, 3.8) is 0 Å². The van der Waals surface area contributed by atoms with Gasteiger partial charge < -0.3 is 14.4 Å². The Morgan fingerprint density at radius 1 is 1.29 bits per heavy atom. The summed E-state index contributed by atoms with van der Waals surface area (Å²) in [5.74, 6) is 0.379. The predicted octanol–water partition coefficient (Wildman–Crippen LogP) is 3.49. The zero-order valence-electron chi connectivity index (χ0n) is 12.7. The molecule has 0 aliphatic carbocycles. The number of hydrogen-bond donors (Lipinski definition) is 1. The van der Waals surface area contributed by atoms with Crippen molar-refractivity contribution in [1.29, 1.82) is 0 Å². The molecule has 0 saturated heterocycles. The van der Waals surface area contributed by atoms with Crippen LogP contribution in [0, 0.1) is 0 Å². The maximum atomic E-state index is 12.0. The van der Waals surface area contributed by atoms with E-state index in [4.69, 9.17) is 4.74 Å². The maximum absolute atomic E-state index is 12.0. The first-order chi connectivity index (χ1) is 10.1. The SMILES string of the molecule is CCCCN(CC)C(=O)Oc1cccc(NC(=O)OC)c1.